The van der Waals surface area contributed by atoms with Crippen LogP contribution < -0.4 is 4.74 Å². The highest BCUT2D eigenvalue weighted by atomic mass is 35.5. The number of hydrogen-bond donors (Lipinski definition) is 0. The van der Waals surface area contributed by atoms with E-state index >= 15 is 0 Å². The molecule has 0 N–H and O–H groups in total. The van der Waals surface area contributed by atoms with Crippen LogP contribution in [-0.4, -0.2) is 15.4 Å². The Bertz CT molecular complexity index is 1350. The van der Waals surface area contributed by atoms with Crippen LogP contribution in [0.2, 0.25) is 5.02 Å². The Morgan fingerprint density at radius 2 is 1.56 bits per heavy atom. The van der Waals surface area contributed by atoms with E-state index in [4.69, 9.17) is 25.3 Å². The molecule has 3 aromatic carbocycles. The molecule has 0 bridgehead atoms. The predicted octanol–water partition coefficient (Wildman–Crippen LogP) is 6.60. The van der Waals surface area contributed by atoms with Crippen molar-refractivity contribution in [3.63, 3.8) is 0 Å². The van der Waals surface area contributed by atoms with Gasteiger partial charge in [-0.15, -0.1) is 10.2 Å². The Hall–Kier alpha value is -3.90. The predicted molar refractivity (Wildman–Crippen MR) is 121 cm³/mol. The quantitative estimate of drug-likeness (QED) is 0.294. The molecule has 0 amide bonds. The van der Waals surface area contributed by atoms with Crippen molar-refractivity contribution >= 4 is 11.6 Å². The van der Waals surface area contributed by atoms with Gasteiger partial charge in [0.1, 0.15) is 22.8 Å². The van der Waals surface area contributed by atoms with Gasteiger partial charge in [-0.05, 0) is 30.2 Å². The number of aromatic nitrogens is 3. The van der Waals surface area contributed by atoms with Crippen molar-refractivity contribution in [2.75, 3.05) is 0 Å². The maximum atomic E-state index is 6.43. The molecule has 5 rings (SSSR count). The normalized spacial score (nSPS) is 10.9. The zero-order valence-corrected chi connectivity index (χ0v) is 17.9. The third-order valence-corrected chi connectivity index (χ3v) is 5.28. The topological polar surface area (TPSA) is 74.2 Å². The Balaban J connectivity index is 1.34. The molecule has 32 heavy (non-hydrogen) atoms. The highest BCUT2D eigenvalue weighted by molar-refractivity contribution is 6.32. The summed E-state index contributed by atoms with van der Waals surface area (Å²) in [6, 6.07) is 25.4. The van der Waals surface area contributed by atoms with E-state index in [2.05, 4.69) is 15.4 Å². The second kappa shape index (κ2) is 8.69. The van der Waals surface area contributed by atoms with E-state index in [0.29, 0.717) is 39.6 Å². The molecule has 0 fully saturated rings. The van der Waals surface area contributed by atoms with E-state index in [1.54, 1.807) is 0 Å². The molecule has 0 aliphatic rings. The second-order valence-corrected chi connectivity index (χ2v) is 7.54. The molecular formula is C25H18ClN3O3. The Labute approximate surface area is 189 Å². The van der Waals surface area contributed by atoms with Crippen LogP contribution in [0, 0.1) is 6.92 Å². The molecular weight excluding hydrogens is 426 g/mol. The van der Waals surface area contributed by atoms with Crippen LogP contribution in [-0.2, 0) is 6.61 Å². The highest BCUT2D eigenvalue weighted by Crippen LogP contribution is 2.34. The monoisotopic (exact) mass is 443 g/mol. The molecule has 0 aliphatic heterocycles. The first-order chi connectivity index (χ1) is 15.7. The van der Waals surface area contributed by atoms with Crippen LogP contribution >= 0.6 is 11.6 Å². The highest BCUT2D eigenvalue weighted by Gasteiger charge is 2.22. The fourth-order valence-corrected chi connectivity index (χ4v) is 3.63. The second-order valence-electron chi connectivity index (χ2n) is 7.13. The fourth-order valence-electron chi connectivity index (χ4n) is 3.40. The average molecular weight is 444 g/mol. The number of rotatable bonds is 6. The summed E-state index contributed by atoms with van der Waals surface area (Å²) in [4.78, 5) is 0. The largest absolute Gasteiger partial charge is 0.482 e. The van der Waals surface area contributed by atoms with E-state index < -0.39 is 0 Å². The average Bonchev–Trinajstić information content (AvgIpc) is 3.45. The molecule has 5 aromatic rings. The minimum absolute atomic E-state index is 0.0857. The summed E-state index contributed by atoms with van der Waals surface area (Å²) in [7, 11) is 0. The van der Waals surface area contributed by atoms with Crippen molar-refractivity contribution in [1.82, 2.24) is 15.4 Å². The smallest absolute Gasteiger partial charge is 0.254 e. The number of ether oxygens (including phenoxy) is 1. The molecule has 158 valence electrons. The molecule has 0 radical (unpaired) electrons. The molecule has 0 spiro atoms. The van der Waals surface area contributed by atoms with Crippen molar-refractivity contribution in [2.45, 2.75) is 13.5 Å². The SMILES string of the molecule is Cc1onc(-c2ccccc2)c1-c1nnc(COc2ccc(-c3ccccc3)cc2Cl)o1. The lowest BCUT2D eigenvalue weighted by atomic mass is 10.1. The third kappa shape index (κ3) is 4.00. The fraction of sp³-hybridized carbons (Fsp3) is 0.0800. The number of aryl methyl sites for hydroxylation is 1. The van der Waals surface area contributed by atoms with Gasteiger partial charge in [0, 0.05) is 5.56 Å². The molecule has 0 aliphatic carbocycles. The maximum Gasteiger partial charge on any atom is 0.254 e. The Morgan fingerprint density at radius 3 is 2.28 bits per heavy atom. The molecule has 0 unspecified atom stereocenters. The van der Waals surface area contributed by atoms with E-state index in [9.17, 15) is 0 Å². The lowest BCUT2D eigenvalue weighted by Crippen LogP contribution is -1.96. The van der Waals surface area contributed by atoms with Gasteiger partial charge in [0.2, 0.25) is 0 Å². The maximum absolute atomic E-state index is 6.43. The minimum atomic E-state index is 0.0857. The van der Waals surface area contributed by atoms with E-state index in [1.165, 1.54) is 0 Å². The van der Waals surface area contributed by atoms with Gasteiger partial charge in [-0.3, -0.25) is 0 Å². The van der Waals surface area contributed by atoms with Crippen molar-refractivity contribution < 1.29 is 13.7 Å². The van der Waals surface area contributed by atoms with Gasteiger partial charge in [-0.2, -0.15) is 0 Å². The Kier molecular flexibility index (Phi) is 5.44. The van der Waals surface area contributed by atoms with Gasteiger partial charge in [0.25, 0.3) is 11.8 Å². The number of hydrogen-bond acceptors (Lipinski definition) is 6. The van der Waals surface area contributed by atoms with E-state index in [-0.39, 0.29) is 6.61 Å². The molecule has 2 heterocycles. The van der Waals surface area contributed by atoms with E-state index in [0.717, 1.165) is 16.7 Å². The summed E-state index contributed by atoms with van der Waals surface area (Å²) in [6.07, 6.45) is 0. The van der Waals surface area contributed by atoms with Gasteiger partial charge in [0.05, 0.1) is 5.02 Å². The first kappa shape index (κ1) is 20.0. The van der Waals surface area contributed by atoms with Crippen molar-refractivity contribution in [2.24, 2.45) is 0 Å². The van der Waals surface area contributed by atoms with E-state index in [1.807, 2.05) is 85.8 Å². The van der Waals surface area contributed by atoms with Crippen LogP contribution in [0.4, 0.5) is 0 Å². The summed E-state index contributed by atoms with van der Waals surface area (Å²) in [6.45, 7) is 1.89. The third-order valence-electron chi connectivity index (χ3n) is 4.98. The van der Waals surface area contributed by atoms with Gasteiger partial charge in [-0.1, -0.05) is 83.5 Å². The molecule has 6 nitrogen and oxygen atoms in total. The molecule has 0 atom stereocenters. The van der Waals surface area contributed by atoms with Crippen LogP contribution in [0.25, 0.3) is 33.8 Å². The number of benzene rings is 3. The zero-order valence-electron chi connectivity index (χ0n) is 17.2. The summed E-state index contributed by atoms with van der Waals surface area (Å²) in [5.74, 6) is 1.78. The lowest BCUT2D eigenvalue weighted by molar-refractivity contribution is 0.264. The first-order valence-corrected chi connectivity index (χ1v) is 10.4. The van der Waals surface area contributed by atoms with Crippen LogP contribution in [0.3, 0.4) is 0 Å². The van der Waals surface area contributed by atoms with Gasteiger partial charge in [0.15, 0.2) is 6.61 Å². The summed E-state index contributed by atoms with van der Waals surface area (Å²) in [5.41, 5.74) is 4.32. The number of nitrogens with zero attached hydrogens (tertiary/aromatic N) is 3. The summed E-state index contributed by atoms with van der Waals surface area (Å²) < 4.78 is 17.0. The standard InChI is InChI=1S/C25H18ClN3O3/c1-16-23(24(29-32-16)18-10-6-3-7-11-18)25-28-27-22(31-25)15-30-21-13-12-19(14-20(21)26)17-8-4-2-5-9-17/h2-14H,15H2,1H3. The van der Waals surface area contributed by atoms with Crippen LogP contribution in [0.15, 0.2) is 87.8 Å². The minimum Gasteiger partial charge on any atom is -0.482 e. The van der Waals surface area contributed by atoms with Crippen molar-refractivity contribution in [3.8, 4) is 39.6 Å². The van der Waals surface area contributed by atoms with Crippen molar-refractivity contribution in [3.05, 3.63) is 95.5 Å². The summed E-state index contributed by atoms with van der Waals surface area (Å²) in [5, 5.41) is 12.9. The lowest BCUT2D eigenvalue weighted by Gasteiger charge is -2.08. The van der Waals surface area contributed by atoms with Gasteiger partial charge >= 0.3 is 0 Å². The Morgan fingerprint density at radius 1 is 0.844 bits per heavy atom. The van der Waals surface area contributed by atoms with Gasteiger partial charge in [-0.25, -0.2) is 0 Å². The molecule has 0 saturated heterocycles. The number of halogens is 1. The van der Waals surface area contributed by atoms with Crippen LogP contribution in [0.1, 0.15) is 11.7 Å². The zero-order chi connectivity index (χ0) is 21.9. The molecule has 0 saturated carbocycles. The molecule has 7 heteroatoms. The summed E-state index contributed by atoms with van der Waals surface area (Å²) >= 11 is 6.43. The molecule has 2 aromatic heterocycles. The van der Waals surface area contributed by atoms with Crippen LogP contribution in [0.5, 0.6) is 5.75 Å². The first-order valence-electron chi connectivity index (χ1n) is 10.0. The van der Waals surface area contributed by atoms with Gasteiger partial charge < -0.3 is 13.7 Å². The van der Waals surface area contributed by atoms with Crippen molar-refractivity contribution in [1.29, 1.82) is 0 Å².